The fourth-order valence-corrected chi connectivity index (χ4v) is 4.35. The number of nitrogens with one attached hydrogen (secondary N) is 3. The Bertz CT molecular complexity index is 1770. The van der Waals surface area contributed by atoms with Crippen molar-refractivity contribution in [3.8, 4) is 28.2 Å². The maximum atomic E-state index is 13.6. The van der Waals surface area contributed by atoms with E-state index in [0.29, 0.717) is 5.56 Å². The monoisotopic (exact) mass is 847 g/mol. The van der Waals surface area contributed by atoms with Gasteiger partial charge in [-0.2, -0.15) is 24.9 Å². The van der Waals surface area contributed by atoms with E-state index in [9.17, 15) is 27.2 Å². The predicted molar refractivity (Wildman–Crippen MR) is 157 cm³/mol. The number of pyridine rings is 1. The van der Waals surface area contributed by atoms with Gasteiger partial charge in [-0.15, -0.1) is 0 Å². The zero-order valence-corrected chi connectivity index (χ0v) is 28.7. The van der Waals surface area contributed by atoms with Crippen LogP contribution in [0.4, 0.5) is 23.4 Å². The van der Waals surface area contributed by atoms with E-state index in [2.05, 4.69) is 25.9 Å². The first kappa shape index (κ1) is 35.3. The van der Waals surface area contributed by atoms with Gasteiger partial charge in [0.15, 0.2) is 0 Å². The molecule has 0 fully saturated rings. The number of hydrogen-bond donors (Lipinski definition) is 3. The third kappa shape index (κ3) is 7.75. The first-order valence-electron chi connectivity index (χ1n) is 13.0. The summed E-state index contributed by atoms with van der Waals surface area (Å²) in [5, 5.41) is 7.64. The van der Waals surface area contributed by atoms with E-state index < -0.39 is 35.9 Å². The summed E-state index contributed by atoms with van der Waals surface area (Å²) in [6.07, 6.45) is -4.61. The van der Waals surface area contributed by atoms with Crippen molar-refractivity contribution in [2.24, 2.45) is 4.99 Å². The molecule has 4 aromatic rings. The van der Waals surface area contributed by atoms with Gasteiger partial charge in [0.1, 0.15) is 29.7 Å². The van der Waals surface area contributed by atoms with Gasteiger partial charge in [0.25, 0.3) is 11.8 Å². The molecule has 4 rings (SSSR count). The molecule has 0 unspecified atom stereocenters. The summed E-state index contributed by atoms with van der Waals surface area (Å²) in [5.74, 6) is -1.81. The molecule has 2 amide bonds. The average Bonchev–Trinajstić information content (AvgIpc) is 3.36. The molecule has 0 spiro atoms. The predicted octanol–water partition coefficient (Wildman–Crippen LogP) is 6.05. The summed E-state index contributed by atoms with van der Waals surface area (Å²) in [6, 6.07) is 10.9. The number of nitrogens with zero attached hydrogens (tertiary/aromatic N) is 2. The Kier molecular flexibility index (Phi) is 10.9. The Labute approximate surface area is 279 Å². The molecule has 45 heavy (non-hydrogen) atoms. The Hall–Kier alpha value is -4.15. The molecule has 9 nitrogen and oxygen atoms in total. The van der Waals surface area contributed by atoms with Crippen molar-refractivity contribution in [3.63, 3.8) is 0 Å². The van der Waals surface area contributed by atoms with Crippen LogP contribution in [0.3, 0.4) is 0 Å². The molecule has 0 radical (unpaired) electrons. The number of methoxy groups -OCH3 is 1. The third-order valence-corrected chi connectivity index (χ3v) is 6.66. The molecular weight excluding hydrogens is 820 g/mol. The number of ether oxygens (including phenoxy) is 1. The topological polar surface area (TPSA) is 118 Å². The number of fused-ring (bicyclic) bond motifs is 1. The van der Waals surface area contributed by atoms with Crippen LogP contribution in [-0.4, -0.2) is 55.9 Å². The molecule has 0 aliphatic carbocycles. The Morgan fingerprint density at radius 1 is 1.04 bits per heavy atom. The number of furan rings is 1. The first-order chi connectivity index (χ1) is 20.7. The number of aromatic nitrogens is 1. The number of benzene rings is 2. The van der Waals surface area contributed by atoms with E-state index in [0.717, 1.165) is 0 Å². The number of halogens is 4. The van der Waals surface area contributed by atoms with Gasteiger partial charge in [0.2, 0.25) is 5.71 Å². The summed E-state index contributed by atoms with van der Waals surface area (Å²) in [7, 11) is 2.73. The van der Waals surface area contributed by atoms with Gasteiger partial charge in [-0.25, -0.2) is 4.39 Å². The number of amides is 2. The van der Waals surface area contributed by atoms with E-state index in [-0.39, 0.29) is 87.5 Å². The minimum absolute atomic E-state index is 0. The second-order valence-corrected chi connectivity index (χ2v) is 10.1. The van der Waals surface area contributed by atoms with Gasteiger partial charge in [0, 0.05) is 18.2 Å². The van der Waals surface area contributed by atoms with Crippen molar-refractivity contribution in [2.75, 3.05) is 26.0 Å². The number of hydrogen-bond acceptors (Lipinski definition) is 7. The van der Waals surface area contributed by atoms with Gasteiger partial charge < -0.3 is 36.7 Å². The normalized spacial score (nSPS) is 11.4. The molecule has 0 aliphatic rings. The van der Waals surface area contributed by atoms with Crippen LogP contribution in [0.15, 0.2) is 63.6 Å². The molecule has 2 aromatic heterocycles. The molecule has 2 aromatic carbocycles. The summed E-state index contributed by atoms with van der Waals surface area (Å²) in [6.45, 7) is 12.8. The third-order valence-electron chi connectivity index (χ3n) is 6.66. The molecule has 14 heteroatoms. The molecule has 0 atom stereocenters. The second-order valence-electron chi connectivity index (χ2n) is 10.1. The Morgan fingerprint density at radius 2 is 1.69 bits per heavy atom. The number of alkyl halides is 3. The van der Waals surface area contributed by atoms with Crippen molar-refractivity contribution in [1.82, 2.24) is 15.6 Å². The van der Waals surface area contributed by atoms with Crippen molar-refractivity contribution in [3.05, 3.63) is 77.8 Å². The average molecular weight is 848 g/mol. The zero-order valence-electron chi connectivity index (χ0n) is 24.5. The summed E-state index contributed by atoms with van der Waals surface area (Å²) in [4.78, 5) is 34.1. The molecule has 0 saturated heterocycles. The largest absolute Gasteiger partial charge is 2.00 e. The fraction of sp³-hybridized carbons (Fsp3) is 0.226. The van der Waals surface area contributed by atoms with Crippen LogP contribution in [0, 0.1) is 43.5 Å². The molecular formula is C31H27F4N5O4U. The summed E-state index contributed by atoms with van der Waals surface area (Å²) >= 11 is 0. The number of carbonyl (C=O) groups excluding carboxylic acids is 2. The van der Waals surface area contributed by atoms with Crippen LogP contribution in [0.25, 0.3) is 33.6 Å². The van der Waals surface area contributed by atoms with Crippen molar-refractivity contribution in [2.45, 2.75) is 25.6 Å². The maximum Gasteiger partial charge on any atom is 2.00 e. The summed E-state index contributed by atoms with van der Waals surface area (Å²) in [5.41, 5.74) is -0.652. The van der Waals surface area contributed by atoms with E-state index in [4.69, 9.17) is 22.5 Å². The van der Waals surface area contributed by atoms with Gasteiger partial charge in [0.05, 0.1) is 23.6 Å². The maximum absolute atomic E-state index is 13.6. The van der Waals surface area contributed by atoms with Gasteiger partial charge in [-0.05, 0) is 53.6 Å². The molecule has 232 valence electrons. The minimum Gasteiger partial charge on any atom is -0.595 e. The Morgan fingerprint density at radius 3 is 2.27 bits per heavy atom. The van der Waals surface area contributed by atoms with Crippen molar-refractivity contribution < 1.29 is 67.4 Å². The van der Waals surface area contributed by atoms with Crippen molar-refractivity contribution in [1.29, 1.82) is 0 Å². The first-order valence-corrected chi connectivity index (χ1v) is 13.0. The number of carbonyl (C=O) groups is 2. The molecule has 0 aliphatic heterocycles. The van der Waals surface area contributed by atoms with Crippen molar-refractivity contribution >= 4 is 35.4 Å². The fourth-order valence-electron chi connectivity index (χ4n) is 4.35. The van der Waals surface area contributed by atoms with Crippen LogP contribution in [-0.2, 0) is 0 Å². The second kappa shape index (κ2) is 13.9. The van der Waals surface area contributed by atoms with Gasteiger partial charge in [-0.1, -0.05) is 19.9 Å². The van der Waals surface area contributed by atoms with E-state index >= 15 is 0 Å². The number of rotatable bonds is 10. The van der Waals surface area contributed by atoms with E-state index in [1.54, 1.807) is 13.8 Å². The summed E-state index contributed by atoms with van der Waals surface area (Å²) < 4.78 is 64.7. The van der Waals surface area contributed by atoms with Gasteiger partial charge >= 0.3 is 37.3 Å². The van der Waals surface area contributed by atoms with Crippen LogP contribution in [0.2, 0.25) is 0 Å². The molecule has 2 heterocycles. The van der Waals surface area contributed by atoms with E-state index in [1.165, 1.54) is 62.7 Å². The SMILES string of the molecule is [CH-]=NC(=[CH-])C(C)(C)NC(=O)c1cc(-c2cc3c(C(=O)NC)c(-c4ccc(F)cc4)oc3nc2NCC(F)(F)F)ccc1OC.[U+2]. The molecule has 0 saturated carbocycles. The number of anilines is 1. The standard InChI is InChI=1S/C31H27F4N5O4.U/c1-16(36-4)30(2,3)40-27(41)21-13-18(9-12-23(21)43-6)20-14-22-24(28(42)37-5)25(17-7-10-19(32)11-8-17)44-29(22)39-26(20)38-15-31(33,34)35;/h1,4,7-14H,15H2,2-3,5-6H3,(H,37,42)(H,38,39)(H,40,41);/q-2;+2. The Balaban J connectivity index is 0.00000552. The quantitative estimate of drug-likeness (QED) is 0.102. The minimum atomic E-state index is -4.61. The van der Waals surface area contributed by atoms with E-state index in [1.807, 2.05) is 0 Å². The van der Waals surface area contributed by atoms with Crippen LogP contribution < -0.4 is 20.7 Å². The van der Waals surface area contributed by atoms with Crippen LogP contribution in [0.5, 0.6) is 5.75 Å². The number of aliphatic imine (C=N–C) groups is 1. The zero-order chi connectivity index (χ0) is 32.4. The molecule has 3 N–H and O–H groups in total. The van der Waals surface area contributed by atoms with Gasteiger partial charge in [-0.3, -0.25) is 15.3 Å². The molecule has 0 bridgehead atoms. The smallest absolute Gasteiger partial charge is 0.595 e. The van der Waals surface area contributed by atoms with Crippen LogP contribution in [0.1, 0.15) is 34.6 Å². The van der Waals surface area contributed by atoms with Crippen LogP contribution >= 0.6 is 0 Å².